The van der Waals surface area contributed by atoms with Gasteiger partial charge in [-0.15, -0.1) is 11.8 Å². The number of oxazole rings is 1. The summed E-state index contributed by atoms with van der Waals surface area (Å²) in [6, 6.07) is 5.51. The Balaban J connectivity index is 1.50. The number of pyridine rings is 1. The van der Waals surface area contributed by atoms with Crippen LogP contribution in [0.4, 0.5) is 5.13 Å². The molecule has 3 aromatic heterocycles. The summed E-state index contributed by atoms with van der Waals surface area (Å²) in [5.41, 5.74) is 0.733. The molecule has 0 unspecified atom stereocenters. The summed E-state index contributed by atoms with van der Waals surface area (Å²) in [6.07, 6.45) is 6.25. The van der Waals surface area contributed by atoms with Gasteiger partial charge < -0.3 is 9.73 Å². The van der Waals surface area contributed by atoms with Gasteiger partial charge in [0.25, 0.3) is 0 Å². The number of thiazole rings is 1. The molecule has 0 fully saturated rings. The highest BCUT2D eigenvalue weighted by Gasteiger charge is 2.10. The van der Waals surface area contributed by atoms with Gasteiger partial charge in [-0.2, -0.15) is 0 Å². The zero-order chi connectivity index (χ0) is 16.8. The highest BCUT2D eigenvalue weighted by atomic mass is 32.2. The first-order valence-corrected chi connectivity index (χ1v) is 9.25. The van der Waals surface area contributed by atoms with E-state index in [0.29, 0.717) is 16.8 Å². The Morgan fingerprint density at radius 1 is 1.29 bits per heavy atom. The van der Waals surface area contributed by atoms with Crippen molar-refractivity contribution in [2.75, 3.05) is 5.32 Å². The summed E-state index contributed by atoms with van der Waals surface area (Å²) in [6.45, 7) is 2.03. The molecule has 0 saturated heterocycles. The van der Waals surface area contributed by atoms with Crippen molar-refractivity contribution in [3.8, 4) is 0 Å². The lowest BCUT2D eigenvalue weighted by molar-refractivity contribution is -0.115. The molecule has 0 aliphatic carbocycles. The Labute approximate surface area is 147 Å². The van der Waals surface area contributed by atoms with E-state index in [1.54, 1.807) is 30.4 Å². The molecule has 1 amide bonds. The van der Waals surface area contributed by atoms with Crippen LogP contribution in [0.15, 0.2) is 45.4 Å². The molecule has 124 valence electrons. The molecule has 0 saturated carbocycles. The standard InChI is InChI=1S/C16H16N4O2S2/c1-2-12-8-18-14(22-12)10-23-15-9-19-16(24-15)20-13(21)7-11-5-3-4-6-17-11/h3-6,8-9H,2,7,10H2,1H3,(H,19,20,21). The van der Waals surface area contributed by atoms with Crippen molar-refractivity contribution in [2.45, 2.75) is 29.7 Å². The van der Waals surface area contributed by atoms with Gasteiger partial charge in [0.2, 0.25) is 11.8 Å². The molecule has 8 heteroatoms. The molecule has 0 aliphatic rings. The van der Waals surface area contributed by atoms with Crippen LogP contribution in [-0.2, 0) is 23.4 Å². The molecule has 6 nitrogen and oxygen atoms in total. The molecule has 0 atom stereocenters. The number of amides is 1. The maximum atomic E-state index is 12.0. The molecule has 1 N–H and O–H groups in total. The number of nitrogens with zero attached hydrogens (tertiary/aromatic N) is 3. The van der Waals surface area contributed by atoms with Crippen molar-refractivity contribution >= 4 is 34.1 Å². The summed E-state index contributed by atoms with van der Waals surface area (Å²) in [5, 5.41) is 3.38. The van der Waals surface area contributed by atoms with Crippen LogP contribution in [-0.4, -0.2) is 20.9 Å². The SMILES string of the molecule is CCc1cnc(CSc2cnc(NC(=O)Cc3ccccn3)s2)o1. The minimum Gasteiger partial charge on any atom is -0.445 e. The normalized spacial score (nSPS) is 10.7. The van der Waals surface area contributed by atoms with Crippen LogP contribution in [0.25, 0.3) is 0 Å². The van der Waals surface area contributed by atoms with Crippen molar-refractivity contribution < 1.29 is 9.21 Å². The molecular weight excluding hydrogens is 344 g/mol. The molecule has 3 aromatic rings. The van der Waals surface area contributed by atoms with Crippen molar-refractivity contribution in [3.05, 3.63) is 54.1 Å². The van der Waals surface area contributed by atoms with Crippen LogP contribution in [0.3, 0.4) is 0 Å². The van der Waals surface area contributed by atoms with Crippen LogP contribution < -0.4 is 5.32 Å². The van der Waals surface area contributed by atoms with Crippen molar-refractivity contribution in [1.82, 2.24) is 15.0 Å². The molecule has 0 bridgehead atoms. The fourth-order valence-corrected chi connectivity index (χ4v) is 3.67. The predicted molar refractivity (Wildman–Crippen MR) is 94.1 cm³/mol. The van der Waals surface area contributed by atoms with Crippen molar-refractivity contribution in [2.24, 2.45) is 0 Å². The topological polar surface area (TPSA) is 80.9 Å². The van der Waals surface area contributed by atoms with E-state index < -0.39 is 0 Å². The van der Waals surface area contributed by atoms with Gasteiger partial charge in [-0.25, -0.2) is 9.97 Å². The maximum absolute atomic E-state index is 12.0. The summed E-state index contributed by atoms with van der Waals surface area (Å²) >= 11 is 3.02. The molecule has 0 aliphatic heterocycles. The molecule has 24 heavy (non-hydrogen) atoms. The van der Waals surface area contributed by atoms with E-state index in [-0.39, 0.29) is 12.3 Å². The van der Waals surface area contributed by atoms with Crippen LogP contribution in [0, 0.1) is 0 Å². The van der Waals surface area contributed by atoms with E-state index >= 15 is 0 Å². The number of hydrogen-bond acceptors (Lipinski definition) is 7. The van der Waals surface area contributed by atoms with Crippen LogP contribution in [0.5, 0.6) is 0 Å². The van der Waals surface area contributed by atoms with Gasteiger partial charge >= 0.3 is 0 Å². The van der Waals surface area contributed by atoms with E-state index in [0.717, 1.165) is 22.1 Å². The lowest BCUT2D eigenvalue weighted by Gasteiger charge is -2.00. The average molecular weight is 360 g/mol. The predicted octanol–water partition coefficient (Wildman–Crippen LogP) is 3.56. The summed E-state index contributed by atoms with van der Waals surface area (Å²) in [5.74, 6) is 2.10. The zero-order valence-electron chi connectivity index (χ0n) is 13.1. The maximum Gasteiger partial charge on any atom is 0.232 e. The third kappa shape index (κ3) is 4.65. The first-order valence-electron chi connectivity index (χ1n) is 7.45. The minimum atomic E-state index is -0.125. The Kier molecular flexibility index (Phi) is 5.60. The van der Waals surface area contributed by atoms with E-state index in [4.69, 9.17) is 4.42 Å². The second-order valence-corrected chi connectivity index (χ2v) is 7.20. The molecular formula is C16H16N4O2S2. The van der Waals surface area contributed by atoms with Crippen molar-refractivity contribution in [3.63, 3.8) is 0 Å². The third-order valence-corrected chi connectivity index (χ3v) is 5.18. The van der Waals surface area contributed by atoms with Gasteiger partial charge in [-0.05, 0) is 12.1 Å². The fourth-order valence-electron chi connectivity index (χ4n) is 1.93. The Morgan fingerprint density at radius 2 is 2.21 bits per heavy atom. The molecule has 0 radical (unpaired) electrons. The lowest BCUT2D eigenvalue weighted by atomic mass is 10.2. The van der Waals surface area contributed by atoms with E-state index in [1.807, 2.05) is 25.1 Å². The van der Waals surface area contributed by atoms with Gasteiger partial charge in [0.15, 0.2) is 5.13 Å². The highest BCUT2D eigenvalue weighted by molar-refractivity contribution is 8.00. The first kappa shape index (κ1) is 16.7. The summed E-state index contributed by atoms with van der Waals surface area (Å²) in [4.78, 5) is 24.6. The van der Waals surface area contributed by atoms with Crippen LogP contribution in [0.2, 0.25) is 0 Å². The third-order valence-electron chi connectivity index (χ3n) is 3.09. The van der Waals surface area contributed by atoms with Crippen molar-refractivity contribution in [1.29, 1.82) is 0 Å². The van der Waals surface area contributed by atoms with Gasteiger partial charge in [0.1, 0.15) is 5.76 Å². The molecule has 0 aromatic carbocycles. The Morgan fingerprint density at radius 3 is 2.96 bits per heavy atom. The number of carbonyl (C=O) groups is 1. The number of nitrogens with one attached hydrogen (secondary N) is 1. The van der Waals surface area contributed by atoms with E-state index in [1.165, 1.54) is 11.3 Å². The van der Waals surface area contributed by atoms with Gasteiger partial charge in [0, 0.05) is 18.3 Å². The van der Waals surface area contributed by atoms with Gasteiger partial charge in [-0.1, -0.05) is 24.3 Å². The largest absolute Gasteiger partial charge is 0.445 e. The number of aryl methyl sites for hydroxylation is 1. The molecule has 0 spiro atoms. The first-order chi connectivity index (χ1) is 11.7. The lowest BCUT2D eigenvalue weighted by Crippen LogP contribution is -2.14. The second-order valence-electron chi connectivity index (χ2n) is 4.89. The average Bonchev–Trinajstić information content (AvgIpc) is 3.22. The summed E-state index contributed by atoms with van der Waals surface area (Å²) in [7, 11) is 0. The number of aromatic nitrogens is 3. The highest BCUT2D eigenvalue weighted by Crippen LogP contribution is 2.30. The van der Waals surface area contributed by atoms with E-state index in [9.17, 15) is 4.79 Å². The number of anilines is 1. The van der Waals surface area contributed by atoms with Crippen LogP contribution in [0.1, 0.15) is 24.3 Å². The Bertz CT molecular complexity index is 801. The number of rotatable bonds is 7. The smallest absolute Gasteiger partial charge is 0.232 e. The fraction of sp³-hybridized carbons (Fsp3) is 0.250. The van der Waals surface area contributed by atoms with E-state index in [2.05, 4.69) is 20.3 Å². The molecule has 3 heterocycles. The minimum absolute atomic E-state index is 0.125. The zero-order valence-corrected chi connectivity index (χ0v) is 14.7. The second kappa shape index (κ2) is 8.07. The number of thioether (sulfide) groups is 1. The van der Waals surface area contributed by atoms with Gasteiger partial charge in [-0.3, -0.25) is 9.78 Å². The number of hydrogen-bond donors (Lipinski definition) is 1. The number of carbonyl (C=O) groups excluding carboxylic acids is 1. The summed E-state index contributed by atoms with van der Waals surface area (Å²) < 4.78 is 6.57. The van der Waals surface area contributed by atoms with Crippen LogP contribution >= 0.6 is 23.1 Å². The quantitative estimate of drug-likeness (QED) is 0.649. The monoisotopic (exact) mass is 360 g/mol. The molecule has 3 rings (SSSR count). The van der Waals surface area contributed by atoms with Gasteiger partial charge in [0.05, 0.1) is 28.8 Å². The Hall–Kier alpha value is -2.19.